The van der Waals surface area contributed by atoms with Gasteiger partial charge in [-0.15, -0.1) is 0 Å². The molecule has 3 N–H and O–H groups in total. The van der Waals surface area contributed by atoms with E-state index in [9.17, 15) is 18.3 Å². The Morgan fingerprint density at radius 1 is 1.16 bits per heavy atom. The van der Waals surface area contributed by atoms with Gasteiger partial charge in [0.1, 0.15) is 11.3 Å². The number of fused-ring (bicyclic) bond motifs is 1. The average molecular weight is 437 g/mol. The Morgan fingerprint density at radius 3 is 2.71 bits per heavy atom. The summed E-state index contributed by atoms with van der Waals surface area (Å²) in [6.07, 6.45) is 4.59. The molecule has 158 valence electrons. The molecule has 9 heteroatoms. The Kier molecular flexibility index (Phi) is 4.55. The molecule has 2 aromatic carbocycles. The third kappa shape index (κ3) is 3.57. The van der Waals surface area contributed by atoms with Gasteiger partial charge in [0.05, 0.1) is 10.9 Å². The van der Waals surface area contributed by atoms with Crippen molar-refractivity contribution >= 4 is 26.7 Å². The summed E-state index contributed by atoms with van der Waals surface area (Å²) in [7, 11) is -3.87. The maximum absolute atomic E-state index is 12.8. The summed E-state index contributed by atoms with van der Waals surface area (Å²) in [5, 5.41) is 11.2. The van der Waals surface area contributed by atoms with Crippen LogP contribution in [0, 0.1) is 5.92 Å². The van der Waals surface area contributed by atoms with Crippen LogP contribution in [0.5, 0.6) is 5.75 Å². The fourth-order valence-electron chi connectivity index (χ4n) is 3.92. The summed E-state index contributed by atoms with van der Waals surface area (Å²) >= 11 is 0. The molecule has 2 heterocycles. The Morgan fingerprint density at radius 2 is 1.97 bits per heavy atom. The smallest absolute Gasteiger partial charge is 0.343 e. The minimum atomic E-state index is -3.87. The second-order valence-electron chi connectivity index (χ2n) is 7.59. The van der Waals surface area contributed by atoms with Gasteiger partial charge < -0.3 is 14.5 Å². The molecule has 1 fully saturated rings. The van der Waals surface area contributed by atoms with Gasteiger partial charge in [-0.2, -0.15) is 8.42 Å². The van der Waals surface area contributed by atoms with E-state index in [1.165, 1.54) is 12.4 Å². The molecular weight excluding hydrogens is 418 g/mol. The van der Waals surface area contributed by atoms with Gasteiger partial charge in [-0.1, -0.05) is 24.3 Å². The lowest BCUT2D eigenvalue weighted by molar-refractivity contribution is 0.446. The number of hydrogen-bond donors (Lipinski definition) is 3. The first-order chi connectivity index (χ1) is 14.9. The lowest BCUT2D eigenvalue weighted by Crippen LogP contribution is -2.17. The van der Waals surface area contributed by atoms with Crippen LogP contribution in [-0.2, 0) is 10.0 Å². The summed E-state index contributed by atoms with van der Waals surface area (Å²) in [5.74, 6) is -0.342. The molecule has 31 heavy (non-hydrogen) atoms. The van der Waals surface area contributed by atoms with Crippen LogP contribution in [0.4, 0.5) is 5.69 Å². The van der Waals surface area contributed by atoms with E-state index < -0.39 is 21.6 Å². The van der Waals surface area contributed by atoms with Crippen LogP contribution in [-0.4, -0.2) is 23.5 Å². The Bertz CT molecular complexity index is 1420. The number of rotatable bonds is 6. The summed E-state index contributed by atoms with van der Waals surface area (Å²) in [6, 6.07) is 13.7. The molecule has 1 unspecified atom stereocenters. The van der Waals surface area contributed by atoms with Crippen LogP contribution in [0.25, 0.3) is 11.0 Å². The molecule has 0 spiro atoms. The number of aromatic hydroxyl groups is 1. The summed E-state index contributed by atoms with van der Waals surface area (Å²) < 4.78 is 33.0. The van der Waals surface area contributed by atoms with Crippen LogP contribution in [0.3, 0.4) is 0 Å². The molecule has 1 atom stereocenters. The Labute approximate surface area is 177 Å². The van der Waals surface area contributed by atoms with E-state index >= 15 is 0 Å². The number of aromatic amines is 1. The average Bonchev–Trinajstić information content (AvgIpc) is 3.41. The number of para-hydroxylation sites is 1. The van der Waals surface area contributed by atoms with Crippen molar-refractivity contribution in [1.29, 1.82) is 0 Å². The van der Waals surface area contributed by atoms with E-state index in [2.05, 4.69) is 14.7 Å². The monoisotopic (exact) mass is 437 g/mol. The summed E-state index contributed by atoms with van der Waals surface area (Å²) in [6.45, 7) is 0. The normalized spacial score (nSPS) is 15.1. The number of benzene rings is 2. The number of H-pyrrole nitrogens is 1. The number of anilines is 1. The van der Waals surface area contributed by atoms with Gasteiger partial charge in [-0.25, -0.2) is 9.78 Å². The molecule has 5 rings (SSSR count). The minimum absolute atomic E-state index is 0.0923. The van der Waals surface area contributed by atoms with Crippen molar-refractivity contribution in [3.63, 3.8) is 0 Å². The van der Waals surface area contributed by atoms with Crippen molar-refractivity contribution in [3.05, 3.63) is 82.5 Å². The van der Waals surface area contributed by atoms with Gasteiger partial charge >= 0.3 is 5.63 Å². The van der Waals surface area contributed by atoms with Crippen LogP contribution in [0.1, 0.15) is 29.9 Å². The third-order valence-electron chi connectivity index (χ3n) is 5.45. The maximum atomic E-state index is 12.8. The molecule has 2 aromatic heterocycles. The third-order valence-corrected chi connectivity index (χ3v) is 6.69. The highest BCUT2D eigenvalue weighted by Gasteiger charge is 2.38. The zero-order valence-electron chi connectivity index (χ0n) is 16.3. The van der Waals surface area contributed by atoms with Gasteiger partial charge in [-0.3, -0.25) is 4.72 Å². The molecular formula is C22H19N3O5S. The highest BCUT2D eigenvalue weighted by molar-refractivity contribution is 7.92. The lowest BCUT2D eigenvalue weighted by Gasteiger charge is -2.19. The molecule has 0 radical (unpaired) electrons. The molecule has 1 aliphatic rings. The lowest BCUT2D eigenvalue weighted by atomic mass is 9.86. The van der Waals surface area contributed by atoms with Crippen molar-refractivity contribution in [2.75, 3.05) is 4.72 Å². The number of imidazole rings is 1. The SMILES string of the molecule is O=c1oc2ccccc2c(O)c1C(c1cccc(NS(=O)(=O)c2ncc[nH]2)c1)C1CC1. The summed E-state index contributed by atoms with van der Waals surface area (Å²) in [5.41, 5.74) is 0.995. The van der Waals surface area contributed by atoms with Crippen LogP contribution in [0.2, 0.25) is 0 Å². The van der Waals surface area contributed by atoms with Gasteiger partial charge in [-0.05, 0) is 48.6 Å². The molecule has 4 aromatic rings. The predicted octanol–water partition coefficient (Wildman–Crippen LogP) is 3.56. The van der Waals surface area contributed by atoms with E-state index in [1.807, 2.05) is 6.07 Å². The first-order valence-electron chi connectivity index (χ1n) is 9.81. The van der Waals surface area contributed by atoms with E-state index in [0.717, 1.165) is 18.4 Å². The van der Waals surface area contributed by atoms with Gasteiger partial charge in [0.25, 0.3) is 10.0 Å². The predicted molar refractivity (Wildman–Crippen MR) is 115 cm³/mol. The number of hydrogen-bond acceptors (Lipinski definition) is 6. The molecule has 0 bridgehead atoms. The minimum Gasteiger partial charge on any atom is -0.507 e. The maximum Gasteiger partial charge on any atom is 0.343 e. The number of aromatic nitrogens is 2. The quantitative estimate of drug-likeness (QED) is 0.396. The number of nitrogens with zero attached hydrogens (tertiary/aromatic N) is 1. The van der Waals surface area contributed by atoms with Crippen LogP contribution >= 0.6 is 0 Å². The zero-order chi connectivity index (χ0) is 21.6. The second-order valence-corrected chi connectivity index (χ2v) is 9.19. The molecule has 1 saturated carbocycles. The second kappa shape index (κ2) is 7.28. The highest BCUT2D eigenvalue weighted by atomic mass is 32.2. The Hall–Kier alpha value is -3.59. The number of sulfonamides is 1. The standard InChI is InChI=1S/C22H19N3O5S/c26-20-16-6-1-2-7-17(16)30-21(27)19(20)18(13-8-9-13)14-4-3-5-15(12-14)25-31(28,29)22-23-10-11-24-22/h1-7,10-13,18,25-26H,8-9H2,(H,23,24). The van der Waals surface area contributed by atoms with Gasteiger partial charge in [0.2, 0.25) is 5.16 Å². The van der Waals surface area contributed by atoms with E-state index in [0.29, 0.717) is 16.7 Å². The fourth-order valence-corrected chi connectivity index (χ4v) is 4.88. The van der Waals surface area contributed by atoms with Crippen LogP contribution in [0.15, 0.2) is 75.3 Å². The largest absolute Gasteiger partial charge is 0.507 e. The highest BCUT2D eigenvalue weighted by Crippen LogP contribution is 2.48. The molecule has 0 saturated heterocycles. The first kappa shape index (κ1) is 19.4. The summed E-state index contributed by atoms with van der Waals surface area (Å²) in [4.78, 5) is 19.2. The van der Waals surface area contributed by atoms with Gasteiger partial charge in [0, 0.05) is 24.0 Å². The molecule has 1 aliphatic carbocycles. The number of nitrogens with one attached hydrogen (secondary N) is 2. The molecule has 0 amide bonds. The van der Waals surface area contributed by atoms with E-state index in [-0.39, 0.29) is 22.4 Å². The fraction of sp³-hybridized carbons (Fsp3) is 0.182. The van der Waals surface area contributed by atoms with Crippen molar-refractivity contribution in [2.45, 2.75) is 23.9 Å². The van der Waals surface area contributed by atoms with Crippen molar-refractivity contribution < 1.29 is 17.9 Å². The Balaban J connectivity index is 1.58. The van der Waals surface area contributed by atoms with E-state index in [1.54, 1.807) is 42.5 Å². The van der Waals surface area contributed by atoms with Crippen molar-refractivity contribution in [1.82, 2.24) is 9.97 Å². The topological polar surface area (TPSA) is 125 Å². The van der Waals surface area contributed by atoms with Crippen LogP contribution < -0.4 is 10.3 Å². The molecule has 0 aliphatic heterocycles. The van der Waals surface area contributed by atoms with Crippen molar-refractivity contribution in [2.24, 2.45) is 5.92 Å². The molecule has 8 nitrogen and oxygen atoms in total. The first-order valence-corrected chi connectivity index (χ1v) is 11.3. The zero-order valence-corrected chi connectivity index (χ0v) is 17.1. The van der Waals surface area contributed by atoms with Gasteiger partial charge in [0.15, 0.2) is 0 Å². The van der Waals surface area contributed by atoms with Crippen molar-refractivity contribution in [3.8, 4) is 5.75 Å². The van der Waals surface area contributed by atoms with E-state index in [4.69, 9.17) is 4.42 Å².